The Morgan fingerprint density at radius 1 is 1.17 bits per heavy atom. The molecule has 1 heterocycles. The van der Waals surface area contributed by atoms with Crippen LogP contribution in [0.3, 0.4) is 0 Å². The Labute approximate surface area is 175 Å². The molecule has 6 nitrogen and oxygen atoms in total. The fraction of sp³-hybridized carbons (Fsp3) is 0.500. The smallest absolute Gasteiger partial charge is 0.348 e. The lowest BCUT2D eigenvalue weighted by atomic mass is 9.68. The van der Waals surface area contributed by atoms with Gasteiger partial charge in [-0.2, -0.15) is 4.98 Å². The number of aromatic nitrogens is 2. The highest BCUT2D eigenvalue weighted by atomic mass is 35.5. The molecule has 29 heavy (non-hydrogen) atoms. The zero-order valence-electron chi connectivity index (χ0n) is 16.3. The van der Waals surface area contributed by atoms with E-state index >= 15 is 0 Å². The number of nitrogens with zero attached hydrogens (tertiary/aromatic N) is 1. The van der Waals surface area contributed by atoms with E-state index in [1.807, 2.05) is 0 Å². The SMILES string of the molecule is O=C(COc1cc(-c2ccc(Cl)cc2)[nH]c(=O)n1)NCC1CC2CCCC(C2)C1. The summed E-state index contributed by atoms with van der Waals surface area (Å²) in [5.74, 6) is 2.19. The molecule has 2 aromatic rings. The van der Waals surface area contributed by atoms with Crippen LogP contribution in [0.5, 0.6) is 5.88 Å². The van der Waals surface area contributed by atoms with Crippen LogP contribution in [0.2, 0.25) is 5.02 Å². The minimum absolute atomic E-state index is 0.126. The summed E-state index contributed by atoms with van der Waals surface area (Å²) in [4.78, 5) is 30.5. The normalized spacial score (nSPS) is 23.4. The first-order chi connectivity index (χ1) is 14.0. The Kier molecular flexibility index (Phi) is 6.19. The third-order valence-corrected chi connectivity index (χ3v) is 6.29. The van der Waals surface area contributed by atoms with Gasteiger partial charge in [0.15, 0.2) is 6.61 Å². The summed E-state index contributed by atoms with van der Waals surface area (Å²) in [6, 6.07) is 8.68. The highest BCUT2D eigenvalue weighted by molar-refractivity contribution is 6.30. The van der Waals surface area contributed by atoms with Crippen LogP contribution in [0.1, 0.15) is 38.5 Å². The van der Waals surface area contributed by atoms with Gasteiger partial charge < -0.3 is 15.0 Å². The summed E-state index contributed by atoms with van der Waals surface area (Å²) in [5, 5.41) is 3.60. The van der Waals surface area contributed by atoms with Crippen LogP contribution in [0.15, 0.2) is 35.1 Å². The second kappa shape index (κ2) is 8.99. The van der Waals surface area contributed by atoms with Gasteiger partial charge in [0.2, 0.25) is 5.88 Å². The topological polar surface area (TPSA) is 84.1 Å². The monoisotopic (exact) mass is 415 g/mol. The van der Waals surface area contributed by atoms with Crippen molar-refractivity contribution in [3.05, 3.63) is 45.8 Å². The third kappa shape index (κ3) is 5.38. The van der Waals surface area contributed by atoms with Gasteiger partial charge in [-0.25, -0.2) is 4.79 Å². The number of halogens is 1. The zero-order chi connectivity index (χ0) is 20.2. The fourth-order valence-electron chi connectivity index (χ4n) is 4.78. The number of ether oxygens (including phenoxy) is 1. The molecule has 2 bridgehead atoms. The van der Waals surface area contributed by atoms with Crippen molar-refractivity contribution in [1.82, 2.24) is 15.3 Å². The highest BCUT2D eigenvalue weighted by Gasteiger charge is 2.31. The molecule has 154 valence electrons. The lowest BCUT2D eigenvalue weighted by molar-refractivity contribution is -0.123. The van der Waals surface area contributed by atoms with Crippen LogP contribution in [0, 0.1) is 17.8 Å². The number of amides is 1. The Balaban J connectivity index is 1.30. The first-order valence-corrected chi connectivity index (χ1v) is 10.7. The van der Waals surface area contributed by atoms with Gasteiger partial charge in [0, 0.05) is 17.6 Å². The Morgan fingerprint density at radius 3 is 2.62 bits per heavy atom. The van der Waals surface area contributed by atoms with Crippen molar-refractivity contribution >= 4 is 17.5 Å². The average molecular weight is 416 g/mol. The third-order valence-electron chi connectivity index (χ3n) is 6.04. The van der Waals surface area contributed by atoms with E-state index in [2.05, 4.69) is 15.3 Å². The lowest BCUT2D eigenvalue weighted by Crippen LogP contribution is -2.37. The number of hydrogen-bond acceptors (Lipinski definition) is 4. The molecule has 0 saturated heterocycles. The van der Waals surface area contributed by atoms with E-state index in [0.29, 0.717) is 23.2 Å². The number of carbonyl (C=O) groups excluding carboxylic acids is 1. The Hall–Kier alpha value is -2.34. The summed E-state index contributed by atoms with van der Waals surface area (Å²) in [7, 11) is 0. The number of rotatable bonds is 6. The molecular weight excluding hydrogens is 390 g/mol. The maximum absolute atomic E-state index is 12.2. The average Bonchev–Trinajstić information content (AvgIpc) is 2.70. The van der Waals surface area contributed by atoms with Crippen LogP contribution in [0.25, 0.3) is 11.3 Å². The number of fused-ring (bicyclic) bond motifs is 2. The number of nitrogens with one attached hydrogen (secondary N) is 2. The summed E-state index contributed by atoms with van der Waals surface area (Å²) < 4.78 is 5.48. The van der Waals surface area contributed by atoms with E-state index in [9.17, 15) is 9.59 Å². The van der Waals surface area contributed by atoms with E-state index in [1.54, 1.807) is 30.3 Å². The maximum Gasteiger partial charge on any atom is 0.348 e. The largest absolute Gasteiger partial charge is 0.467 e. The number of hydrogen-bond donors (Lipinski definition) is 2. The molecule has 2 N–H and O–H groups in total. The van der Waals surface area contributed by atoms with Crippen molar-refractivity contribution in [2.45, 2.75) is 38.5 Å². The van der Waals surface area contributed by atoms with Crippen LogP contribution in [0.4, 0.5) is 0 Å². The predicted octanol–water partition coefficient (Wildman–Crippen LogP) is 3.80. The molecule has 0 radical (unpaired) electrons. The zero-order valence-corrected chi connectivity index (χ0v) is 17.1. The lowest BCUT2D eigenvalue weighted by Gasteiger charge is -2.39. The quantitative estimate of drug-likeness (QED) is 0.751. The number of benzene rings is 1. The molecular formula is C22H26ClN3O3. The number of carbonyl (C=O) groups is 1. The van der Waals surface area contributed by atoms with Crippen molar-refractivity contribution in [1.29, 1.82) is 0 Å². The maximum atomic E-state index is 12.2. The molecule has 2 saturated carbocycles. The van der Waals surface area contributed by atoms with Crippen molar-refractivity contribution in [2.24, 2.45) is 17.8 Å². The van der Waals surface area contributed by atoms with Gasteiger partial charge in [-0.1, -0.05) is 43.0 Å². The summed E-state index contributed by atoms with van der Waals surface area (Å²) in [5.41, 5.74) is 0.818. The van der Waals surface area contributed by atoms with Gasteiger partial charge in [-0.15, -0.1) is 0 Å². The predicted molar refractivity (Wildman–Crippen MR) is 112 cm³/mol. The van der Waals surface area contributed by atoms with Crippen molar-refractivity contribution in [2.75, 3.05) is 13.2 Å². The molecule has 2 fully saturated rings. The molecule has 2 aliphatic carbocycles. The molecule has 7 heteroatoms. The number of aromatic amines is 1. The summed E-state index contributed by atoms with van der Waals surface area (Å²) >= 11 is 5.91. The highest BCUT2D eigenvalue weighted by Crippen LogP contribution is 2.42. The fourth-order valence-corrected chi connectivity index (χ4v) is 4.90. The molecule has 0 spiro atoms. The van der Waals surface area contributed by atoms with Crippen molar-refractivity contribution in [3.8, 4) is 17.1 Å². The van der Waals surface area contributed by atoms with Gasteiger partial charge in [-0.3, -0.25) is 4.79 Å². The molecule has 1 aromatic heterocycles. The Bertz CT molecular complexity index is 900. The first kappa shape index (κ1) is 20.0. The van der Waals surface area contributed by atoms with E-state index in [-0.39, 0.29) is 18.4 Å². The second-order valence-electron chi connectivity index (χ2n) is 8.27. The van der Waals surface area contributed by atoms with Crippen molar-refractivity contribution in [3.63, 3.8) is 0 Å². The Morgan fingerprint density at radius 2 is 1.90 bits per heavy atom. The molecule has 0 aliphatic heterocycles. The molecule has 2 atom stereocenters. The van der Waals surface area contributed by atoms with E-state index < -0.39 is 5.69 Å². The van der Waals surface area contributed by atoms with Gasteiger partial charge >= 0.3 is 5.69 Å². The van der Waals surface area contributed by atoms with E-state index in [0.717, 1.165) is 17.4 Å². The minimum Gasteiger partial charge on any atom is -0.467 e. The standard InChI is InChI=1S/C22H26ClN3O3/c23-18-6-4-17(5-7-18)19-11-21(26-22(28)25-19)29-13-20(27)24-12-16-9-14-2-1-3-15(8-14)10-16/h4-7,11,14-16H,1-3,8-10,12-13H2,(H,24,27)(H,25,26,28). The van der Waals surface area contributed by atoms with Gasteiger partial charge in [0.1, 0.15) is 0 Å². The van der Waals surface area contributed by atoms with Crippen LogP contribution >= 0.6 is 11.6 Å². The number of H-pyrrole nitrogens is 1. The minimum atomic E-state index is -0.526. The van der Waals surface area contributed by atoms with Gasteiger partial charge in [0.05, 0.1) is 5.69 Å². The molecule has 1 amide bonds. The summed E-state index contributed by atoms with van der Waals surface area (Å²) in [6.45, 7) is 0.546. The molecule has 4 rings (SSSR count). The van der Waals surface area contributed by atoms with Crippen LogP contribution in [-0.4, -0.2) is 29.0 Å². The first-order valence-electron chi connectivity index (χ1n) is 10.3. The van der Waals surface area contributed by atoms with E-state index in [4.69, 9.17) is 16.3 Å². The molecule has 2 aliphatic rings. The van der Waals surface area contributed by atoms with Crippen LogP contribution < -0.4 is 15.7 Å². The molecule has 1 aromatic carbocycles. The van der Waals surface area contributed by atoms with Crippen molar-refractivity contribution < 1.29 is 9.53 Å². The summed E-state index contributed by atoms with van der Waals surface area (Å²) in [6.07, 6.45) is 7.86. The molecule has 2 unspecified atom stereocenters. The van der Waals surface area contributed by atoms with E-state index in [1.165, 1.54) is 38.5 Å². The second-order valence-corrected chi connectivity index (χ2v) is 8.71. The van der Waals surface area contributed by atoms with Crippen LogP contribution in [-0.2, 0) is 4.79 Å². The van der Waals surface area contributed by atoms with Gasteiger partial charge in [-0.05, 0) is 54.7 Å². The van der Waals surface area contributed by atoms with Gasteiger partial charge in [0.25, 0.3) is 5.91 Å².